The van der Waals surface area contributed by atoms with E-state index >= 15 is 0 Å². The number of carbonyl (C=O) groups is 4. The monoisotopic (exact) mass is 1580 g/mol. The van der Waals surface area contributed by atoms with Crippen LogP contribution in [0.5, 0.6) is 0 Å². The van der Waals surface area contributed by atoms with Crippen molar-refractivity contribution in [1.82, 2.24) is 21.3 Å². The van der Waals surface area contributed by atoms with Crippen LogP contribution in [-0.4, -0.2) is 69.8 Å². The first-order valence-corrected chi connectivity index (χ1v) is 47.2. The number of nitrogens with one attached hydrogen (secondary N) is 4. The number of unbranched alkanes of at least 4 members (excludes halogenated alkanes) is 2. The normalized spacial score (nSPS) is 19.9. The van der Waals surface area contributed by atoms with Crippen molar-refractivity contribution in [2.75, 3.05) is 46.2 Å². The molecule has 9 rings (SSSR count). The van der Waals surface area contributed by atoms with Gasteiger partial charge in [-0.05, 0) is 150 Å². The largest absolute Gasteiger partial charge is 0.382 e. The van der Waals surface area contributed by atoms with Gasteiger partial charge in [0.05, 0.1) is 5.92 Å². The third kappa shape index (κ3) is 35.8. The van der Waals surface area contributed by atoms with E-state index in [0.717, 1.165) is 146 Å². The van der Waals surface area contributed by atoms with Gasteiger partial charge in [-0.25, -0.2) is 0 Å². The van der Waals surface area contributed by atoms with Crippen LogP contribution in [0.4, 0.5) is 0 Å². The summed E-state index contributed by atoms with van der Waals surface area (Å²) >= 11 is 0. The quantitative estimate of drug-likeness (QED) is 0.0227. The van der Waals surface area contributed by atoms with Gasteiger partial charge in [0, 0.05) is 45.9 Å². The van der Waals surface area contributed by atoms with Gasteiger partial charge in [-0.3, -0.25) is 19.2 Å². The lowest BCUT2D eigenvalue weighted by Crippen LogP contribution is -2.49. The minimum atomic E-state index is -0.761. The van der Waals surface area contributed by atoms with E-state index < -0.39 is 10.8 Å². The smallest absolute Gasteiger partial charge is 0.237 e. The maximum atomic E-state index is 13.8. The lowest BCUT2D eigenvalue weighted by atomic mass is 9.66. The number of hydrogen-bond acceptors (Lipinski definition) is 6. The predicted octanol–water partition coefficient (Wildman–Crippen LogP) is 26.4. The molecule has 5 aromatic rings. The highest BCUT2D eigenvalue weighted by molar-refractivity contribution is 5.93. The molecule has 0 radical (unpaired) electrons. The van der Waals surface area contributed by atoms with Crippen molar-refractivity contribution in [3.8, 4) is 0 Å². The zero-order valence-corrected chi connectivity index (χ0v) is 75.8. The fourth-order valence-electron chi connectivity index (χ4n) is 19.4. The Morgan fingerprint density at radius 3 is 0.965 bits per heavy atom. The minimum Gasteiger partial charge on any atom is -0.382 e. The van der Waals surface area contributed by atoms with Crippen LogP contribution in [0, 0.1) is 76.9 Å². The summed E-state index contributed by atoms with van der Waals surface area (Å²) in [5.41, 5.74) is 3.84. The van der Waals surface area contributed by atoms with Crippen LogP contribution in [0.15, 0.2) is 152 Å². The van der Waals surface area contributed by atoms with Gasteiger partial charge in [0.1, 0.15) is 17.6 Å². The fourth-order valence-corrected chi connectivity index (χ4v) is 19.4. The van der Waals surface area contributed by atoms with E-state index in [4.69, 9.17) is 9.47 Å². The molecule has 4 amide bonds. The third-order valence-corrected chi connectivity index (χ3v) is 26.1. The molecule has 0 bridgehead atoms. The Morgan fingerprint density at radius 2 is 0.652 bits per heavy atom. The number of amides is 4. The van der Waals surface area contributed by atoms with E-state index in [1.54, 1.807) is 0 Å². The Kier molecular flexibility index (Phi) is 50.1. The van der Waals surface area contributed by atoms with E-state index in [1.807, 2.05) is 122 Å². The molecule has 5 aromatic carbocycles. The Morgan fingerprint density at radius 1 is 0.348 bits per heavy atom. The molecule has 4 fully saturated rings. The summed E-state index contributed by atoms with van der Waals surface area (Å²) in [5, 5.41) is 12.6. The average molecular weight is 1580 g/mol. The number of hydrogen-bond donors (Lipinski definition) is 4. The lowest BCUT2D eigenvalue weighted by Gasteiger charge is -2.37. The molecule has 4 N–H and O–H groups in total. The van der Waals surface area contributed by atoms with Gasteiger partial charge in [-0.2, -0.15) is 0 Å². The molecular weight excluding hydrogens is 1410 g/mol. The summed E-state index contributed by atoms with van der Waals surface area (Å²) in [6, 6.07) is 50.8. The van der Waals surface area contributed by atoms with Crippen LogP contribution in [0.2, 0.25) is 0 Å². The Hall–Kier alpha value is -6.10. The third-order valence-electron chi connectivity index (χ3n) is 26.1. The van der Waals surface area contributed by atoms with Crippen LogP contribution in [-0.2, 0) is 39.5 Å². The van der Waals surface area contributed by atoms with E-state index in [-0.39, 0.29) is 48.1 Å². The molecule has 644 valence electrons. The van der Waals surface area contributed by atoms with Crippen molar-refractivity contribution in [1.29, 1.82) is 0 Å². The molecular formula is C105H168N4O6. The second-order valence-corrected chi connectivity index (χ2v) is 36.9. The lowest BCUT2D eigenvalue weighted by molar-refractivity contribution is -0.129. The van der Waals surface area contributed by atoms with Gasteiger partial charge in [0.25, 0.3) is 0 Å². The zero-order valence-electron chi connectivity index (χ0n) is 75.8. The first-order chi connectivity index (χ1) is 55.7. The fraction of sp³-hybridized carbons (Fsp3) is 0.676. The van der Waals surface area contributed by atoms with Crippen LogP contribution >= 0.6 is 0 Å². The first-order valence-electron chi connectivity index (χ1n) is 47.2. The van der Waals surface area contributed by atoms with E-state index in [0.29, 0.717) is 24.9 Å². The van der Waals surface area contributed by atoms with Crippen LogP contribution < -0.4 is 21.3 Å². The topological polar surface area (TPSA) is 135 Å². The molecule has 0 saturated heterocycles. The SMILES string of the molecule is CCCC1CCC(CCC(C)C)CC1.CCCC1CCC(CCNC(=O)C(c2ccccc2)(c2ccccc2)C(C)C)CC1.CCCC1CCC(CCNC(=O)C(c2ccccc2)C(C)C)CC1.CCCC1CCC(CCNC(=O)CC(C)C)CC1.CCOCCCCCOCNC(=O)C(c1ccccc1)(c1ccccc1)C(C)C. The second kappa shape index (κ2) is 57.9. The van der Waals surface area contributed by atoms with Gasteiger partial charge >= 0.3 is 0 Å². The van der Waals surface area contributed by atoms with E-state index in [9.17, 15) is 19.2 Å². The molecule has 0 aliphatic heterocycles. The summed E-state index contributed by atoms with van der Waals surface area (Å²) < 4.78 is 11.0. The highest BCUT2D eigenvalue weighted by atomic mass is 16.5. The van der Waals surface area contributed by atoms with Crippen LogP contribution in [0.1, 0.15) is 349 Å². The summed E-state index contributed by atoms with van der Waals surface area (Å²) in [6.07, 6.45) is 43.7. The van der Waals surface area contributed by atoms with E-state index in [2.05, 4.69) is 155 Å². The van der Waals surface area contributed by atoms with Crippen molar-refractivity contribution >= 4 is 23.6 Å². The molecule has 115 heavy (non-hydrogen) atoms. The minimum absolute atomic E-state index is 0.0266. The number of ether oxygens (including phenoxy) is 2. The number of carbonyl (C=O) groups excluding carboxylic acids is 4. The molecule has 10 nitrogen and oxygen atoms in total. The van der Waals surface area contributed by atoms with Crippen LogP contribution in [0.25, 0.3) is 0 Å². The maximum absolute atomic E-state index is 13.8. The van der Waals surface area contributed by atoms with Gasteiger partial charge in [-0.1, -0.05) is 416 Å². The molecule has 10 heteroatoms. The predicted molar refractivity (Wildman–Crippen MR) is 488 cm³/mol. The van der Waals surface area contributed by atoms with Crippen molar-refractivity contribution in [3.63, 3.8) is 0 Å². The second-order valence-electron chi connectivity index (χ2n) is 36.9. The molecule has 4 aliphatic rings. The number of rotatable bonds is 42. The zero-order chi connectivity index (χ0) is 83.5. The number of benzene rings is 5. The van der Waals surface area contributed by atoms with Gasteiger partial charge < -0.3 is 30.7 Å². The Balaban J connectivity index is 0.000000263. The Labute approximate surface area is 704 Å². The molecule has 0 aromatic heterocycles. The molecule has 4 aliphatic carbocycles. The van der Waals surface area contributed by atoms with Gasteiger partial charge in [0.2, 0.25) is 23.6 Å². The highest BCUT2D eigenvalue weighted by Crippen LogP contribution is 2.43. The summed E-state index contributed by atoms with van der Waals surface area (Å²) in [7, 11) is 0. The standard InChI is InChI=1S/C28H39NO.C25H35NO3.C22H35NO.C16H31NO.C14H28/c1-4-11-23-16-18-24(19-17-23)20-21-29-27(30)28(22(2)3,25-12-7-5-8-13-25)26-14-9-6-10-15-26;1-4-28-18-12-7-13-19-29-20-26-24(27)25(21(2)3,22-14-8-5-9-15-22)23-16-10-6-11-17-23;1-4-8-18-11-13-19(14-12-18)15-16-23-22(24)21(17(2)3)20-9-6-5-7-10-20;1-4-5-14-6-8-15(9-7-14)10-11-17-16(18)12-13(2)3;1-4-5-13-8-10-14(11-9-13)7-6-12(2)3/h5-10,12-15,22-24H,4,11,16-21H2,1-3H3,(H,29,30);5-6,8-11,14-17,21H,4,7,12-13,18-20H2,1-3H3,(H,26,27);5-7,9-10,17-19,21H,4,8,11-16H2,1-3H3,(H,23,24);13-15H,4-12H2,1-3H3,(H,17,18);12-14H,4-11H2,1-3H3. The Bertz CT molecular complexity index is 3160. The molecule has 0 heterocycles. The van der Waals surface area contributed by atoms with Crippen LogP contribution in [0.3, 0.4) is 0 Å². The van der Waals surface area contributed by atoms with Crippen molar-refractivity contribution < 1.29 is 28.7 Å². The van der Waals surface area contributed by atoms with Crippen molar-refractivity contribution in [3.05, 3.63) is 179 Å². The molecule has 4 saturated carbocycles. The maximum Gasteiger partial charge on any atom is 0.237 e. The van der Waals surface area contributed by atoms with Gasteiger partial charge in [-0.15, -0.1) is 0 Å². The highest BCUT2D eigenvalue weighted by Gasteiger charge is 2.46. The molecule has 1 unspecified atom stereocenters. The summed E-state index contributed by atoms with van der Waals surface area (Å²) in [6.45, 7) is 37.8. The first kappa shape index (κ1) is 99.5. The summed E-state index contributed by atoms with van der Waals surface area (Å²) in [4.78, 5) is 51.5. The van der Waals surface area contributed by atoms with Gasteiger partial charge in [0.15, 0.2) is 0 Å². The van der Waals surface area contributed by atoms with Crippen molar-refractivity contribution in [2.24, 2.45) is 76.9 Å². The van der Waals surface area contributed by atoms with Crippen molar-refractivity contribution in [2.45, 2.75) is 332 Å². The molecule has 1 atom stereocenters. The summed E-state index contributed by atoms with van der Waals surface area (Å²) in [5.74, 6) is 9.87. The molecule has 0 spiro atoms. The van der Waals surface area contributed by atoms with E-state index in [1.165, 1.54) is 173 Å². The average Bonchev–Trinajstić information content (AvgIpc) is 0.760.